The van der Waals surface area contributed by atoms with Crippen LogP contribution in [0.1, 0.15) is 36.8 Å². The van der Waals surface area contributed by atoms with Gasteiger partial charge in [0.2, 0.25) is 5.91 Å². The highest BCUT2D eigenvalue weighted by Gasteiger charge is 2.15. The summed E-state index contributed by atoms with van der Waals surface area (Å²) in [7, 11) is 0. The molecule has 1 saturated carbocycles. The van der Waals surface area contributed by atoms with E-state index in [2.05, 4.69) is 16.7 Å². The van der Waals surface area contributed by atoms with Crippen LogP contribution in [0.5, 0.6) is 0 Å². The number of hydrogen-bond donors (Lipinski definition) is 2. The van der Waals surface area contributed by atoms with Gasteiger partial charge in [-0.25, -0.2) is 0 Å². The maximum absolute atomic E-state index is 11.9. The van der Waals surface area contributed by atoms with Gasteiger partial charge in [0, 0.05) is 6.04 Å². The van der Waals surface area contributed by atoms with Crippen LogP contribution in [0.2, 0.25) is 0 Å². The predicted octanol–water partition coefficient (Wildman–Crippen LogP) is 2.34. The van der Waals surface area contributed by atoms with E-state index in [1.807, 2.05) is 19.1 Å². The zero-order valence-corrected chi connectivity index (χ0v) is 11.2. The van der Waals surface area contributed by atoms with Crippen LogP contribution in [0.3, 0.4) is 0 Å². The monoisotopic (exact) mass is 257 g/mol. The van der Waals surface area contributed by atoms with Crippen molar-refractivity contribution in [2.24, 2.45) is 0 Å². The Labute approximate surface area is 113 Å². The van der Waals surface area contributed by atoms with Gasteiger partial charge in [0.15, 0.2) is 0 Å². The third-order valence-electron chi connectivity index (χ3n) is 3.57. The molecule has 0 aromatic heterocycles. The molecule has 19 heavy (non-hydrogen) atoms. The molecule has 4 heteroatoms. The van der Waals surface area contributed by atoms with Crippen molar-refractivity contribution in [2.75, 3.05) is 11.9 Å². The van der Waals surface area contributed by atoms with E-state index in [4.69, 9.17) is 5.26 Å². The Morgan fingerprint density at radius 2 is 2.16 bits per heavy atom. The Bertz CT molecular complexity index is 499. The van der Waals surface area contributed by atoms with Gasteiger partial charge in [-0.1, -0.05) is 25.0 Å². The lowest BCUT2D eigenvalue weighted by molar-refractivity contribution is -0.115. The topological polar surface area (TPSA) is 64.9 Å². The molecule has 0 bridgehead atoms. The second-order valence-electron chi connectivity index (χ2n) is 5.02. The van der Waals surface area contributed by atoms with Crippen LogP contribution in [0, 0.1) is 18.3 Å². The van der Waals surface area contributed by atoms with E-state index >= 15 is 0 Å². The predicted molar refractivity (Wildman–Crippen MR) is 74.8 cm³/mol. The number of carbonyl (C=O) groups is 1. The normalized spacial score (nSPS) is 15.2. The van der Waals surface area contributed by atoms with Gasteiger partial charge in [0.1, 0.15) is 6.07 Å². The average Bonchev–Trinajstić information content (AvgIpc) is 2.90. The molecule has 0 aliphatic heterocycles. The molecule has 100 valence electrons. The molecule has 2 N–H and O–H groups in total. The first-order valence-corrected chi connectivity index (χ1v) is 6.73. The lowest BCUT2D eigenvalue weighted by atomic mass is 10.1. The van der Waals surface area contributed by atoms with Crippen molar-refractivity contribution in [3.63, 3.8) is 0 Å². The van der Waals surface area contributed by atoms with Crippen molar-refractivity contribution in [3.8, 4) is 6.07 Å². The van der Waals surface area contributed by atoms with E-state index in [9.17, 15) is 4.79 Å². The molecular formula is C15H19N3O. The molecule has 0 saturated heterocycles. The van der Waals surface area contributed by atoms with Gasteiger partial charge in [0.25, 0.3) is 0 Å². The largest absolute Gasteiger partial charge is 0.324 e. The molecule has 1 aliphatic carbocycles. The molecule has 2 rings (SSSR count). The Morgan fingerprint density at radius 1 is 1.42 bits per heavy atom. The van der Waals surface area contributed by atoms with Gasteiger partial charge in [0.05, 0.1) is 17.8 Å². The average molecular weight is 257 g/mol. The minimum Gasteiger partial charge on any atom is -0.324 e. The van der Waals surface area contributed by atoms with Crippen molar-refractivity contribution in [1.29, 1.82) is 5.26 Å². The number of hydrogen-bond acceptors (Lipinski definition) is 3. The SMILES string of the molecule is Cc1cccc(NC(=O)CNC2CCCC2)c1C#N. The van der Waals surface area contributed by atoms with Gasteiger partial charge in [-0.2, -0.15) is 5.26 Å². The highest BCUT2D eigenvalue weighted by Crippen LogP contribution is 2.19. The first-order chi connectivity index (χ1) is 9.20. The lowest BCUT2D eigenvalue weighted by Crippen LogP contribution is -2.34. The maximum atomic E-state index is 11.9. The van der Waals surface area contributed by atoms with Crippen LogP contribution in [0.4, 0.5) is 5.69 Å². The Kier molecular flexibility index (Phi) is 4.53. The standard InChI is InChI=1S/C15H19N3O/c1-11-5-4-8-14(13(11)9-16)18-15(19)10-17-12-6-2-3-7-12/h4-5,8,12,17H,2-3,6-7,10H2,1H3,(H,18,19). The fraction of sp³-hybridized carbons (Fsp3) is 0.467. The molecular weight excluding hydrogens is 238 g/mol. The van der Waals surface area contributed by atoms with Gasteiger partial charge >= 0.3 is 0 Å². The highest BCUT2D eigenvalue weighted by molar-refractivity contribution is 5.93. The van der Waals surface area contributed by atoms with E-state index in [1.54, 1.807) is 6.07 Å². The molecule has 1 aromatic carbocycles. The summed E-state index contributed by atoms with van der Waals surface area (Å²) >= 11 is 0. The first kappa shape index (κ1) is 13.6. The fourth-order valence-electron chi connectivity index (χ4n) is 2.48. The molecule has 0 heterocycles. The summed E-state index contributed by atoms with van der Waals surface area (Å²) in [4.78, 5) is 11.9. The van der Waals surface area contributed by atoms with Crippen molar-refractivity contribution in [1.82, 2.24) is 5.32 Å². The second-order valence-corrected chi connectivity index (χ2v) is 5.02. The van der Waals surface area contributed by atoms with Crippen molar-refractivity contribution >= 4 is 11.6 Å². The van der Waals surface area contributed by atoms with Gasteiger partial charge in [-0.3, -0.25) is 4.79 Å². The van der Waals surface area contributed by atoms with Crippen LogP contribution < -0.4 is 10.6 Å². The first-order valence-electron chi connectivity index (χ1n) is 6.73. The summed E-state index contributed by atoms with van der Waals surface area (Å²) in [5, 5.41) is 15.2. The summed E-state index contributed by atoms with van der Waals surface area (Å²) < 4.78 is 0. The third-order valence-corrected chi connectivity index (χ3v) is 3.57. The number of nitrogens with zero attached hydrogens (tertiary/aromatic N) is 1. The number of nitriles is 1. The zero-order chi connectivity index (χ0) is 13.7. The van der Waals surface area contributed by atoms with E-state index in [1.165, 1.54) is 12.8 Å². The number of aryl methyl sites for hydroxylation is 1. The maximum Gasteiger partial charge on any atom is 0.238 e. The van der Waals surface area contributed by atoms with E-state index in [0.717, 1.165) is 18.4 Å². The Balaban J connectivity index is 1.91. The number of rotatable bonds is 4. The Morgan fingerprint density at radius 3 is 2.84 bits per heavy atom. The summed E-state index contributed by atoms with van der Waals surface area (Å²) in [6, 6.07) is 8.07. The quantitative estimate of drug-likeness (QED) is 0.870. The van der Waals surface area contributed by atoms with Crippen LogP contribution in [-0.4, -0.2) is 18.5 Å². The van der Waals surface area contributed by atoms with Gasteiger partial charge in [-0.15, -0.1) is 0 Å². The number of benzene rings is 1. The van der Waals surface area contributed by atoms with Crippen LogP contribution in [0.15, 0.2) is 18.2 Å². The summed E-state index contributed by atoms with van der Waals surface area (Å²) in [5.41, 5.74) is 2.02. The van der Waals surface area contributed by atoms with Crippen LogP contribution >= 0.6 is 0 Å². The van der Waals surface area contributed by atoms with E-state index in [-0.39, 0.29) is 5.91 Å². The van der Waals surface area contributed by atoms with Crippen LogP contribution in [-0.2, 0) is 4.79 Å². The minimum absolute atomic E-state index is 0.0889. The lowest BCUT2D eigenvalue weighted by Gasteiger charge is -2.12. The summed E-state index contributed by atoms with van der Waals surface area (Å²) in [6.07, 6.45) is 4.80. The molecule has 1 fully saturated rings. The summed E-state index contributed by atoms with van der Waals surface area (Å²) in [6.45, 7) is 2.18. The number of carbonyl (C=O) groups excluding carboxylic acids is 1. The van der Waals surface area contributed by atoms with E-state index < -0.39 is 0 Å². The van der Waals surface area contributed by atoms with Crippen molar-refractivity contribution in [2.45, 2.75) is 38.6 Å². The molecule has 1 aromatic rings. The van der Waals surface area contributed by atoms with Crippen molar-refractivity contribution < 1.29 is 4.79 Å². The summed E-state index contributed by atoms with van der Waals surface area (Å²) in [5.74, 6) is -0.0889. The molecule has 1 amide bonds. The Hall–Kier alpha value is -1.86. The molecule has 1 aliphatic rings. The zero-order valence-electron chi connectivity index (χ0n) is 11.2. The molecule has 4 nitrogen and oxygen atoms in total. The molecule has 0 unspecified atom stereocenters. The third kappa shape index (κ3) is 3.55. The number of nitrogens with one attached hydrogen (secondary N) is 2. The molecule has 0 spiro atoms. The number of anilines is 1. The van der Waals surface area contributed by atoms with Gasteiger partial charge < -0.3 is 10.6 Å². The van der Waals surface area contributed by atoms with Crippen molar-refractivity contribution in [3.05, 3.63) is 29.3 Å². The number of amides is 1. The highest BCUT2D eigenvalue weighted by atomic mass is 16.1. The van der Waals surface area contributed by atoms with Gasteiger partial charge in [-0.05, 0) is 31.4 Å². The minimum atomic E-state index is -0.0889. The molecule has 0 atom stereocenters. The molecule has 0 radical (unpaired) electrons. The smallest absolute Gasteiger partial charge is 0.238 e. The van der Waals surface area contributed by atoms with E-state index in [0.29, 0.717) is 23.8 Å². The second kappa shape index (κ2) is 6.35. The fourth-order valence-corrected chi connectivity index (χ4v) is 2.48. The van der Waals surface area contributed by atoms with Crippen LogP contribution in [0.25, 0.3) is 0 Å².